The highest BCUT2D eigenvalue weighted by Gasteiger charge is 2.65. The van der Waals surface area contributed by atoms with Crippen LogP contribution >= 0.6 is 0 Å². The predicted octanol–water partition coefficient (Wildman–Crippen LogP) is 1.57. The van der Waals surface area contributed by atoms with E-state index in [2.05, 4.69) is 23.3 Å². The third-order valence-electron chi connectivity index (χ3n) is 7.58. The van der Waals surface area contributed by atoms with E-state index in [9.17, 15) is 9.59 Å². The van der Waals surface area contributed by atoms with Gasteiger partial charge in [0.05, 0.1) is 0 Å². The van der Waals surface area contributed by atoms with E-state index in [0.717, 1.165) is 31.4 Å². The molecular formula is C22H29N3O4. The second-order valence-electron chi connectivity index (χ2n) is 8.97. The Morgan fingerprint density at radius 1 is 1.45 bits per heavy atom. The fraction of sp³-hybridized carbons (Fsp3) is 0.636. The number of carbonyl (C=O) groups is 2. The fourth-order valence-electron chi connectivity index (χ4n) is 6.13. The molecule has 2 heterocycles. The zero-order valence-electron chi connectivity index (χ0n) is 17.4. The second kappa shape index (κ2) is 6.71. The number of likely N-dealkylation sites (N-methyl/N-ethyl adjacent to an activating group) is 3. The highest BCUT2D eigenvalue weighted by Crippen LogP contribution is 2.63. The molecule has 7 heteroatoms. The average molecular weight is 399 g/mol. The Bertz CT molecular complexity index is 872. The molecule has 156 valence electrons. The van der Waals surface area contributed by atoms with Crippen LogP contribution in [0.1, 0.15) is 30.4 Å². The van der Waals surface area contributed by atoms with Gasteiger partial charge in [0.25, 0.3) is 0 Å². The molecule has 29 heavy (non-hydrogen) atoms. The number of hydrogen-bond donors (Lipinski definition) is 1. The molecule has 1 saturated heterocycles. The minimum absolute atomic E-state index is 0.192. The monoisotopic (exact) mass is 399 g/mol. The number of ether oxygens (including phenoxy) is 2. The van der Waals surface area contributed by atoms with Crippen molar-refractivity contribution in [3.63, 3.8) is 0 Å². The van der Waals surface area contributed by atoms with Gasteiger partial charge in [0.1, 0.15) is 0 Å². The van der Waals surface area contributed by atoms with E-state index >= 15 is 0 Å². The Hall–Kier alpha value is -2.12. The summed E-state index contributed by atoms with van der Waals surface area (Å²) < 4.78 is 12.1. The quantitative estimate of drug-likeness (QED) is 0.829. The molecule has 2 aliphatic carbocycles. The molecule has 5 rings (SSSR count). The van der Waals surface area contributed by atoms with Gasteiger partial charge < -0.3 is 24.6 Å². The van der Waals surface area contributed by atoms with Gasteiger partial charge in [-0.1, -0.05) is 6.07 Å². The number of rotatable bonds is 4. The fourth-order valence-corrected chi connectivity index (χ4v) is 6.13. The summed E-state index contributed by atoms with van der Waals surface area (Å²) in [7, 11) is 5.76. The van der Waals surface area contributed by atoms with E-state index in [1.165, 1.54) is 5.56 Å². The number of nitrogens with zero attached hydrogens (tertiary/aromatic N) is 2. The van der Waals surface area contributed by atoms with Gasteiger partial charge in [0.2, 0.25) is 0 Å². The molecule has 1 amide bonds. The van der Waals surface area contributed by atoms with Gasteiger partial charge >= 0.3 is 6.09 Å². The summed E-state index contributed by atoms with van der Waals surface area (Å²) in [5.74, 6) is 1.68. The van der Waals surface area contributed by atoms with Crippen LogP contribution in [0, 0.1) is 5.92 Å². The molecule has 1 aromatic rings. The number of benzene rings is 1. The van der Waals surface area contributed by atoms with E-state index in [0.29, 0.717) is 43.0 Å². The molecule has 4 atom stereocenters. The molecule has 2 aliphatic heterocycles. The van der Waals surface area contributed by atoms with E-state index < -0.39 is 12.2 Å². The molecule has 1 spiro atoms. The summed E-state index contributed by atoms with van der Waals surface area (Å²) in [4.78, 5) is 29.5. The van der Waals surface area contributed by atoms with Crippen molar-refractivity contribution in [2.75, 3.05) is 40.8 Å². The van der Waals surface area contributed by atoms with Crippen molar-refractivity contribution in [1.82, 2.24) is 15.1 Å². The van der Waals surface area contributed by atoms with Crippen LogP contribution in [0.5, 0.6) is 11.5 Å². The van der Waals surface area contributed by atoms with E-state index in [4.69, 9.17) is 9.47 Å². The molecule has 4 aliphatic rings. The minimum atomic E-state index is -0.437. The topological polar surface area (TPSA) is 71.1 Å². The normalized spacial score (nSPS) is 31.8. The molecule has 7 nitrogen and oxygen atoms in total. The van der Waals surface area contributed by atoms with Gasteiger partial charge in [-0.05, 0) is 57.5 Å². The van der Waals surface area contributed by atoms with Crippen LogP contribution in [0.3, 0.4) is 0 Å². The maximum Gasteiger partial charge on any atom is 0.415 e. The lowest BCUT2D eigenvalue weighted by Gasteiger charge is -2.57. The number of nitrogens with one attached hydrogen (secondary N) is 1. The third kappa shape index (κ3) is 2.56. The SMILES string of the molecule is CNCCN(C)C(=O)Oc1ccc2c3c1O[C@H]1C(=O)CCC4[C@@H](C2)N(C)CC[C@@]341. The number of likely N-dealkylation sites (tertiary alicyclic amines) is 1. The first-order valence-electron chi connectivity index (χ1n) is 10.6. The largest absolute Gasteiger partial charge is 0.477 e. The van der Waals surface area contributed by atoms with Crippen molar-refractivity contribution in [3.05, 3.63) is 23.3 Å². The Morgan fingerprint density at radius 3 is 3.07 bits per heavy atom. The van der Waals surface area contributed by atoms with Crippen LogP contribution in [-0.2, 0) is 16.6 Å². The number of hydrogen-bond acceptors (Lipinski definition) is 6. The van der Waals surface area contributed by atoms with Gasteiger partial charge in [-0.2, -0.15) is 0 Å². The Morgan fingerprint density at radius 2 is 2.28 bits per heavy atom. The minimum Gasteiger partial charge on any atom is -0.477 e. The number of amides is 1. The zero-order valence-corrected chi connectivity index (χ0v) is 17.4. The lowest BCUT2D eigenvalue weighted by Crippen LogP contribution is -2.65. The smallest absolute Gasteiger partial charge is 0.415 e. The molecule has 0 radical (unpaired) electrons. The van der Waals surface area contributed by atoms with Crippen LogP contribution in [0.2, 0.25) is 0 Å². The lowest BCUT2D eigenvalue weighted by molar-refractivity contribution is -0.138. The molecule has 2 bridgehead atoms. The number of carbonyl (C=O) groups excluding carboxylic acids is 2. The Balaban J connectivity index is 1.55. The maximum atomic E-state index is 12.9. The first kappa shape index (κ1) is 18.9. The molecule has 1 N–H and O–H groups in total. The number of piperidine rings is 1. The highest BCUT2D eigenvalue weighted by atomic mass is 16.6. The maximum absolute atomic E-state index is 12.9. The third-order valence-corrected chi connectivity index (χ3v) is 7.58. The number of ketones is 1. The van der Waals surface area contributed by atoms with Crippen molar-refractivity contribution < 1.29 is 19.1 Å². The highest BCUT2D eigenvalue weighted by molar-refractivity contribution is 5.89. The lowest BCUT2D eigenvalue weighted by atomic mass is 9.52. The summed E-state index contributed by atoms with van der Waals surface area (Å²) >= 11 is 0. The van der Waals surface area contributed by atoms with Crippen LogP contribution in [0.15, 0.2) is 12.1 Å². The van der Waals surface area contributed by atoms with Gasteiger partial charge in [0.15, 0.2) is 23.4 Å². The molecule has 1 aromatic carbocycles. The van der Waals surface area contributed by atoms with Gasteiger partial charge in [-0.25, -0.2) is 4.79 Å². The van der Waals surface area contributed by atoms with Crippen molar-refractivity contribution in [2.24, 2.45) is 5.92 Å². The van der Waals surface area contributed by atoms with Crippen molar-refractivity contribution in [2.45, 2.75) is 43.2 Å². The zero-order chi connectivity index (χ0) is 20.3. The molecule has 1 saturated carbocycles. The van der Waals surface area contributed by atoms with Crippen LogP contribution < -0.4 is 14.8 Å². The average Bonchev–Trinajstić information content (AvgIpc) is 3.07. The summed E-state index contributed by atoms with van der Waals surface area (Å²) in [5, 5.41) is 3.03. The van der Waals surface area contributed by atoms with Gasteiger partial charge in [-0.3, -0.25) is 4.79 Å². The van der Waals surface area contributed by atoms with Crippen molar-refractivity contribution in [1.29, 1.82) is 0 Å². The summed E-state index contributed by atoms with van der Waals surface area (Å²) in [5.41, 5.74) is 2.14. The van der Waals surface area contributed by atoms with E-state index in [1.54, 1.807) is 11.9 Å². The van der Waals surface area contributed by atoms with Crippen molar-refractivity contribution in [3.8, 4) is 11.5 Å². The van der Waals surface area contributed by atoms with Crippen LogP contribution in [-0.4, -0.2) is 74.6 Å². The summed E-state index contributed by atoms with van der Waals surface area (Å²) in [6.07, 6.45) is 2.53. The Kier molecular flexibility index (Phi) is 4.37. The standard InChI is InChI=1S/C22H29N3O4/c1-23-9-11-25(3)21(27)28-17-7-4-13-12-15-14-5-6-16(26)20-22(14,8-10-24(15)2)18(13)19(17)29-20/h4,7,14-15,20,23H,5-6,8-12H2,1-3H3/t14?,15-,20+,22+/m1/s1. The number of Topliss-reactive ketones (excluding diaryl/α,β-unsaturated/α-hetero) is 1. The van der Waals surface area contributed by atoms with E-state index in [-0.39, 0.29) is 11.2 Å². The molecular weight excluding hydrogens is 370 g/mol. The van der Waals surface area contributed by atoms with Crippen LogP contribution in [0.4, 0.5) is 4.79 Å². The van der Waals surface area contributed by atoms with Gasteiger partial charge in [0, 0.05) is 43.6 Å². The van der Waals surface area contributed by atoms with E-state index in [1.807, 2.05) is 13.1 Å². The second-order valence-corrected chi connectivity index (χ2v) is 8.97. The summed E-state index contributed by atoms with van der Waals surface area (Å²) in [6, 6.07) is 4.36. The van der Waals surface area contributed by atoms with Crippen LogP contribution in [0.25, 0.3) is 0 Å². The first-order valence-corrected chi connectivity index (χ1v) is 10.6. The molecule has 1 unspecified atom stereocenters. The summed E-state index contributed by atoms with van der Waals surface area (Å²) in [6.45, 7) is 2.21. The predicted molar refractivity (Wildman–Crippen MR) is 108 cm³/mol. The molecule has 2 fully saturated rings. The molecule has 0 aromatic heterocycles. The van der Waals surface area contributed by atoms with Gasteiger partial charge in [-0.15, -0.1) is 0 Å². The van der Waals surface area contributed by atoms with Crippen molar-refractivity contribution >= 4 is 11.9 Å². The Labute approximate surface area is 171 Å². The first-order chi connectivity index (χ1) is 14.0.